The van der Waals surface area contributed by atoms with Crippen molar-refractivity contribution in [2.75, 3.05) is 33.8 Å². The zero-order chi connectivity index (χ0) is 16.1. The Morgan fingerprint density at radius 2 is 2.32 bits per heavy atom. The molecule has 0 radical (unpaired) electrons. The molecule has 2 rings (SSSR count). The average molecular weight is 310 g/mol. The van der Waals surface area contributed by atoms with Crippen LogP contribution in [0.25, 0.3) is 0 Å². The molecule has 1 unspecified atom stereocenters. The lowest BCUT2D eigenvalue weighted by atomic mass is 10.1. The normalized spacial score (nSPS) is 19.0. The zero-order valence-corrected chi connectivity index (χ0v) is 13.1. The molecule has 122 valence electrons. The molecule has 0 aliphatic carbocycles. The number of carbonyl (C=O) groups excluding carboxylic acids is 1. The lowest BCUT2D eigenvalue weighted by Gasteiger charge is -2.30. The number of carbonyl (C=O) groups is 1. The Kier molecular flexibility index (Phi) is 5.74. The first-order valence-corrected chi connectivity index (χ1v) is 7.46. The lowest BCUT2D eigenvalue weighted by molar-refractivity contribution is -0.132. The van der Waals surface area contributed by atoms with E-state index in [1.807, 2.05) is 4.90 Å². The topological polar surface area (TPSA) is 53.0 Å². The summed E-state index contributed by atoms with van der Waals surface area (Å²) in [7, 11) is 3.12. The van der Waals surface area contributed by atoms with Crippen LogP contribution in [-0.4, -0.2) is 60.7 Å². The summed E-state index contributed by atoms with van der Waals surface area (Å²) in [5.74, 6) is -0.273. The van der Waals surface area contributed by atoms with Gasteiger partial charge in [0.1, 0.15) is 0 Å². The number of amides is 1. The van der Waals surface area contributed by atoms with Crippen molar-refractivity contribution >= 4 is 5.91 Å². The summed E-state index contributed by atoms with van der Waals surface area (Å²) in [6.45, 7) is 1.99. The minimum absolute atomic E-state index is 0.0367. The minimum Gasteiger partial charge on any atom is -0.494 e. The van der Waals surface area contributed by atoms with Crippen LogP contribution in [0.15, 0.2) is 18.2 Å². The number of benzene rings is 1. The number of methoxy groups -OCH3 is 1. The standard InChI is InChI=1S/C16H23FN2O3/c1-18(9-12-5-6-15(22-2)14(17)8-12)16(21)11-19-7-3-4-13(20)10-19/h5-6,8,13,20H,3-4,7,9-11H2,1-2H3. The molecule has 1 saturated heterocycles. The summed E-state index contributed by atoms with van der Waals surface area (Å²) in [4.78, 5) is 15.7. The smallest absolute Gasteiger partial charge is 0.236 e. The molecular formula is C16H23FN2O3. The zero-order valence-electron chi connectivity index (χ0n) is 13.1. The number of rotatable bonds is 5. The molecule has 1 fully saturated rings. The lowest BCUT2D eigenvalue weighted by Crippen LogP contribution is -2.44. The molecule has 1 N–H and O–H groups in total. The van der Waals surface area contributed by atoms with Gasteiger partial charge in [0, 0.05) is 20.1 Å². The number of aliphatic hydroxyl groups excluding tert-OH is 1. The van der Waals surface area contributed by atoms with E-state index in [0.29, 0.717) is 18.7 Å². The summed E-state index contributed by atoms with van der Waals surface area (Å²) < 4.78 is 18.5. The average Bonchev–Trinajstić information content (AvgIpc) is 2.47. The van der Waals surface area contributed by atoms with Gasteiger partial charge in [-0.3, -0.25) is 9.69 Å². The fourth-order valence-corrected chi connectivity index (χ4v) is 2.66. The van der Waals surface area contributed by atoms with Gasteiger partial charge in [-0.25, -0.2) is 4.39 Å². The van der Waals surface area contributed by atoms with Crippen LogP contribution in [-0.2, 0) is 11.3 Å². The summed E-state index contributed by atoms with van der Waals surface area (Å²) in [6, 6.07) is 4.69. The van der Waals surface area contributed by atoms with Crippen molar-refractivity contribution in [2.45, 2.75) is 25.5 Å². The van der Waals surface area contributed by atoms with Crippen LogP contribution >= 0.6 is 0 Å². The third-order valence-electron chi connectivity index (χ3n) is 3.90. The van der Waals surface area contributed by atoms with E-state index in [2.05, 4.69) is 0 Å². The van der Waals surface area contributed by atoms with Gasteiger partial charge in [0.25, 0.3) is 0 Å². The maximum Gasteiger partial charge on any atom is 0.236 e. The van der Waals surface area contributed by atoms with Crippen molar-refractivity contribution in [1.82, 2.24) is 9.80 Å². The van der Waals surface area contributed by atoms with Gasteiger partial charge in [-0.05, 0) is 37.1 Å². The van der Waals surface area contributed by atoms with E-state index < -0.39 is 5.82 Å². The fraction of sp³-hybridized carbons (Fsp3) is 0.562. The molecule has 6 heteroatoms. The fourth-order valence-electron chi connectivity index (χ4n) is 2.66. The largest absolute Gasteiger partial charge is 0.494 e. The summed E-state index contributed by atoms with van der Waals surface area (Å²) in [6.07, 6.45) is 1.36. The Balaban J connectivity index is 1.89. The van der Waals surface area contributed by atoms with Crippen molar-refractivity contribution in [3.63, 3.8) is 0 Å². The van der Waals surface area contributed by atoms with Gasteiger partial charge in [-0.15, -0.1) is 0 Å². The molecule has 1 amide bonds. The summed E-state index contributed by atoms with van der Waals surface area (Å²) in [5, 5.41) is 9.63. The van der Waals surface area contributed by atoms with Crippen molar-refractivity contribution in [1.29, 1.82) is 0 Å². The second-order valence-corrected chi connectivity index (χ2v) is 5.75. The summed E-state index contributed by atoms with van der Waals surface area (Å²) >= 11 is 0. The Bertz CT molecular complexity index is 524. The first-order chi connectivity index (χ1) is 10.5. The van der Waals surface area contributed by atoms with Crippen molar-refractivity contribution in [2.24, 2.45) is 0 Å². The number of hydrogen-bond acceptors (Lipinski definition) is 4. The number of β-amino-alcohol motifs (C(OH)–C–C–N with tert-alkyl or cyclic N) is 1. The molecule has 1 atom stereocenters. The maximum atomic E-state index is 13.7. The van der Waals surface area contributed by atoms with Gasteiger partial charge < -0.3 is 14.7 Å². The number of piperidine rings is 1. The molecule has 0 saturated carbocycles. The minimum atomic E-state index is -0.431. The van der Waals surface area contributed by atoms with Gasteiger partial charge in [0.05, 0.1) is 19.8 Å². The molecule has 1 heterocycles. The molecule has 5 nitrogen and oxygen atoms in total. The van der Waals surface area contributed by atoms with Crippen LogP contribution in [0.1, 0.15) is 18.4 Å². The molecular weight excluding hydrogens is 287 g/mol. The van der Waals surface area contributed by atoms with Crippen LogP contribution in [0.4, 0.5) is 4.39 Å². The predicted octanol–water partition coefficient (Wildman–Crippen LogP) is 1.25. The molecule has 0 spiro atoms. The van der Waals surface area contributed by atoms with Crippen LogP contribution < -0.4 is 4.74 Å². The van der Waals surface area contributed by atoms with E-state index in [4.69, 9.17) is 4.74 Å². The molecule has 22 heavy (non-hydrogen) atoms. The van der Waals surface area contributed by atoms with E-state index in [-0.39, 0.29) is 24.3 Å². The Hall–Kier alpha value is -1.66. The van der Waals surface area contributed by atoms with Gasteiger partial charge in [0.2, 0.25) is 5.91 Å². The second kappa shape index (κ2) is 7.56. The number of likely N-dealkylation sites (tertiary alicyclic amines) is 1. The number of hydrogen-bond donors (Lipinski definition) is 1. The molecule has 1 aliphatic heterocycles. The number of aliphatic hydroxyl groups is 1. The maximum absolute atomic E-state index is 13.7. The highest BCUT2D eigenvalue weighted by atomic mass is 19.1. The Morgan fingerprint density at radius 1 is 1.55 bits per heavy atom. The third kappa shape index (κ3) is 4.42. The van der Waals surface area contributed by atoms with Crippen molar-refractivity contribution in [3.8, 4) is 5.75 Å². The number of nitrogens with zero attached hydrogens (tertiary/aromatic N) is 2. The summed E-state index contributed by atoms with van der Waals surface area (Å²) in [5.41, 5.74) is 0.716. The molecule has 0 aromatic heterocycles. The number of ether oxygens (including phenoxy) is 1. The van der Waals surface area contributed by atoms with Gasteiger partial charge in [-0.1, -0.05) is 6.07 Å². The number of halogens is 1. The molecule has 1 aromatic carbocycles. The van der Waals surface area contributed by atoms with Gasteiger partial charge in [0.15, 0.2) is 11.6 Å². The van der Waals surface area contributed by atoms with E-state index >= 15 is 0 Å². The highest BCUT2D eigenvalue weighted by molar-refractivity contribution is 5.78. The first-order valence-electron chi connectivity index (χ1n) is 7.46. The van der Waals surface area contributed by atoms with Crippen molar-refractivity contribution < 1.29 is 19.0 Å². The van der Waals surface area contributed by atoms with Crippen LogP contribution in [0, 0.1) is 5.82 Å². The third-order valence-corrected chi connectivity index (χ3v) is 3.90. The van der Waals surface area contributed by atoms with Gasteiger partial charge in [-0.2, -0.15) is 0 Å². The van der Waals surface area contributed by atoms with Crippen LogP contribution in [0.2, 0.25) is 0 Å². The molecule has 1 aromatic rings. The Morgan fingerprint density at radius 3 is 2.95 bits per heavy atom. The van der Waals surface area contributed by atoms with Crippen molar-refractivity contribution in [3.05, 3.63) is 29.6 Å². The van der Waals surface area contributed by atoms with Crippen LogP contribution in [0.3, 0.4) is 0 Å². The predicted molar refractivity (Wildman–Crippen MR) is 81.1 cm³/mol. The van der Waals surface area contributed by atoms with Gasteiger partial charge >= 0.3 is 0 Å². The quantitative estimate of drug-likeness (QED) is 0.889. The molecule has 1 aliphatic rings. The monoisotopic (exact) mass is 310 g/mol. The first kappa shape index (κ1) is 16.7. The highest BCUT2D eigenvalue weighted by Crippen LogP contribution is 2.18. The highest BCUT2D eigenvalue weighted by Gasteiger charge is 2.21. The van der Waals surface area contributed by atoms with E-state index in [9.17, 15) is 14.3 Å². The van der Waals surface area contributed by atoms with E-state index in [1.165, 1.54) is 13.2 Å². The Labute approximate surface area is 130 Å². The SMILES string of the molecule is COc1ccc(CN(C)C(=O)CN2CCCC(O)C2)cc1F. The van der Waals surface area contributed by atoms with E-state index in [0.717, 1.165) is 19.4 Å². The van der Waals surface area contributed by atoms with Crippen LogP contribution in [0.5, 0.6) is 5.75 Å². The molecule has 0 bridgehead atoms. The number of likely N-dealkylation sites (N-methyl/N-ethyl adjacent to an activating group) is 1. The second-order valence-electron chi connectivity index (χ2n) is 5.75. The van der Waals surface area contributed by atoms with E-state index in [1.54, 1.807) is 24.1 Å².